The second-order valence-electron chi connectivity index (χ2n) is 4.11. The van der Waals surface area contributed by atoms with E-state index in [0.29, 0.717) is 16.0 Å². The largest absolute Gasteiger partial charge is 0.320 e. The summed E-state index contributed by atoms with van der Waals surface area (Å²) in [4.78, 5) is 26.7. The highest BCUT2D eigenvalue weighted by atomic mass is 79.9. The number of amides is 1. The number of aromatic nitrogens is 1. The van der Waals surface area contributed by atoms with Crippen LogP contribution < -0.4 is 5.32 Å². The van der Waals surface area contributed by atoms with E-state index in [1.165, 1.54) is 18.2 Å². The van der Waals surface area contributed by atoms with Crippen molar-refractivity contribution in [1.82, 2.24) is 4.98 Å². The van der Waals surface area contributed by atoms with Gasteiger partial charge in [-0.2, -0.15) is 0 Å². The van der Waals surface area contributed by atoms with E-state index in [2.05, 4.69) is 26.2 Å². The van der Waals surface area contributed by atoms with Gasteiger partial charge in [-0.3, -0.25) is 14.9 Å². The molecule has 108 valence electrons. The Balaban J connectivity index is 2.37. The number of hydrogen-bond acceptors (Lipinski definition) is 4. The smallest absolute Gasteiger partial charge is 0.300 e. The first-order valence-corrected chi connectivity index (χ1v) is 6.94. The highest BCUT2D eigenvalue weighted by molar-refractivity contribution is 9.10. The fourth-order valence-corrected chi connectivity index (χ4v) is 2.38. The monoisotopic (exact) mass is 369 g/mol. The lowest BCUT2D eigenvalue weighted by Gasteiger charge is -2.08. The summed E-state index contributed by atoms with van der Waals surface area (Å²) in [5, 5.41) is 13.5. The summed E-state index contributed by atoms with van der Waals surface area (Å²) in [5.74, 6) is -0.614. The van der Waals surface area contributed by atoms with E-state index in [1.54, 1.807) is 19.1 Å². The summed E-state index contributed by atoms with van der Waals surface area (Å²) < 4.78 is 0.631. The molecular weight excluding hydrogens is 362 g/mol. The molecule has 1 N–H and O–H groups in total. The van der Waals surface area contributed by atoms with Crippen LogP contribution in [0.1, 0.15) is 16.1 Å². The predicted octanol–water partition coefficient (Wildman–Crippen LogP) is 3.97. The van der Waals surface area contributed by atoms with Crippen LogP contribution in [-0.2, 0) is 0 Å². The number of halogens is 2. The van der Waals surface area contributed by atoms with Crippen LogP contribution in [0.4, 0.5) is 11.4 Å². The highest BCUT2D eigenvalue weighted by Crippen LogP contribution is 2.29. The van der Waals surface area contributed by atoms with Crippen molar-refractivity contribution in [1.29, 1.82) is 0 Å². The van der Waals surface area contributed by atoms with Crippen molar-refractivity contribution in [2.45, 2.75) is 6.92 Å². The van der Waals surface area contributed by atoms with Crippen LogP contribution in [-0.4, -0.2) is 15.8 Å². The lowest BCUT2D eigenvalue weighted by Crippen LogP contribution is -2.15. The molecule has 0 saturated heterocycles. The van der Waals surface area contributed by atoms with Gasteiger partial charge in [-0.05, 0) is 47.1 Å². The molecular formula is C13H9BrClN3O3. The molecule has 6 nitrogen and oxygen atoms in total. The Morgan fingerprint density at radius 3 is 2.71 bits per heavy atom. The van der Waals surface area contributed by atoms with Crippen molar-refractivity contribution in [3.05, 3.63) is 61.3 Å². The average molecular weight is 371 g/mol. The number of carbonyl (C=O) groups is 1. The number of nitro groups is 1. The molecule has 0 bridgehead atoms. The van der Waals surface area contributed by atoms with E-state index in [4.69, 9.17) is 11.6 Å². The molecule has 1 aromatic heterocycles. The van der Waals surface area contributed by atoms with Crippen LogP contribution in [0, 0.1) is 17.0 Å². The predicted molar refractivity (Wildman–Crippen MR) is 82.7 cm³/mol. The Bertz CT molecular complexity index is 737. The quantitative estimate of drug-likeness (QED) is 0.503. The molecule has 0 radical (unpaired) electrons. The van der Waals surface area contributed by atoms with E-state index < -0.39 is 16.5 Å². The van der Waals surface area contributed by atoms with Crippen LogP contribution >= 0.6 is 27.5 Å². The number of anilines is 1. The van der Waals surface area contributed by atoms with E-state index >= 15 is 0 Å². The maximum Gasteiger partial charge on any atom is 0.300 e. The SMILES string of the molecule is Cc1nc(Br)ccc1NC(=O)c1cccc(Cl)c1[N+](=O)[O-]. The first kappa shape index (κ1) is 15.4. The molecule has 21 heavy (non-hydrogen) atoms. The third-order valence-corrected chi connectivity index (χ3v) is 3.46. The minimum atomic E-state index is -0.677. The molecule has 1 aromatic carbocycles. The van der Waals surface area contributed by atoms with Crippen molar-refractivity contribution in [3.63, 3.8) is 0 Å². The number of nitrogens with one attached hydrogen (secondary N) is 1. The van der Waals surface area contributed by atoms with Gasteiger partial charge in [0.2, 0.25) is 0 Å². The molecule has 0 atom stereocenters. The number of hydrogen-bond donors (Lipinski definition) is 1. The highest BCUT2D eigenvalue weighted by Gasteiger charge is 2.23. The second kappa shape index (κ2) is 6.19. The molecule has 2 rings (SSSR count). The zero-order valence-electron chi connectivity index (χ0n) is 10.8. The van der Waals surface area contributed by atoms with Gasteiger partial charge in [-0.25, -0.2) is 4.98 Å². The summed E-state index contributed by atoms with van der Waals surface area (Å²) in [6, 6.07) is 7.51. The first-order chi connectivity index (χ1) is 9.90. The van der Waals surface area contributed by atoms with E-state index in [1.807, 2.05) is 0 Å². The molecule has 0 aliphatic carbocycles. The van der Waals surface area contributed by atoms with Gasteiger partial charge in [0.05, 0.1) is 16.3 Å². The number of rotatable bonds is 3. The Kier molecular flexibility index (Phi) is 4.54. The van der Waals surface area contributed by atoms with Gasteiger partial charge in [0, 0.05) is 0 Å². The van der Waals surface area contributed by atoms with E-state index in [0.717, 1.165) is 0 Å². The standard InChI is InChI=1S/C13H9BrClN3O3/c1-7-10(5-6-11(14)16-7)17-13(19)8-3-2-4-9(15)12(8)18(20)21/h2-6H,1H3,(H,17,19). The van der Waals surface area contributed by atoms with Crippen LogP contribution in [0.3, 0.4) is 0 Å². The number of nitro benzene ring substituents is 1. The van der Waals surface area contributed by atoms with Crippen molar-refractivity contribution < 1.29 is 9.72 Å². The molecule has 1 heterocycles. The Morgan fingerprint density at radius 2 is 2.10 bits per heavy atom. The molecule has 0 aliphatic rings. The number of para-hydroxylation sites is 1. The van der Waals surface area contributed by atoms with Gasteiger partial charge in [-0.1, -0.05) is 17.7 Å². The summed E-state index contributed by atoms with van der Waals surface area (Å²) in [6.07, 6.45) is 0. The van der Waals surface area contributed by atoms with Gasteiger partial charge in [0.15, 0.2) is 0 Å². The maximum atomic E-state index is 12.2. The number of carbonyl (C=O) groups excluding carboxylic acids is 1. The number of aryl methyl sites for hydroxylation is 1. The number of nitrogens with zero attached hydrogens (tertiary/aromatic N) is 2. The zero-order valence-corrected chi connectivity index (χ0v) is 13.1. The van der Waals surface area contributed by atoms with Crippen molar-refractivity contribution in [2.75, 3.05) is 5.32 Å². The normalized spacial score (nSPS) is 10.2. The molecule has 0 unspecified atom stereocenters. The van der Waals surface area contributed by atoms with E-state index in [9.17, 15) is 14.9 Å². The molecule has 0 saturated carbocycles. The second-order valence-corrected chi connectivity index (χ2v) is 5.33. The van der Waals surface area contributed by atoms with Crippen LogP contribution in [0.5, 0.6) is 0 Å². The lowest BCUT2D eigenvalue weighted by molar-refractivity contribution is -0.385. The number of pyridine rings is 1. The zero-order chi connectivity index (χ0) is 15.6. The minimum absolute atomic E-state index is 0.0849. The average Bonchev–Trinajstić information content (AvgIpc) is 2.41. The molecule has 1 amide bonds. The van der Waals surface area contributed by atoms with Crippen LogP contribution in [0.25, 0.3) is 0 Å². The van der Waals surface area contributed by atoms with Crippen LogP contribution in [0.2, 0.25) is 5.02 Å². The van der Waals surface area contributed by atoms with E-state index in [-0.39, 0.29) is 10.6 Å². The molecule has 8 heteroatoms. The Labute approximate surface area is 133 Å². The van der Waals surface area contributed by atoms with Gasteiger partial charge in [-0.15, -0.1) is 0 Å². The fourth-order valence-electron chi connectivity index (χ4n) is 1.74. The Hall–Kier alpha value is -1.99. The summed E-state index contributed by atoms with van der Waals surface area (Å²) in [5.41, 5.74) is 0.536. The fraction of sp³-hybridized carbons (Fsp3) is 0.0769. The molecule has 0 fully saturated rings. The summed E-state index contributed by atoms with van der Waals surface area (Å²) in [7, 11) is 0. The van der Waals surface area contributed by atoms with Gasteiger partial charge in [0.1, 0.15) is 15.2 Å². The topological polar surface area (TPSA) is 85.1 Å². The number of benzene rings is 1. The summed E-state index contributed by atoms with van der Waals surface area (Å²) >= 11 is 9.00. The molecule has 0 spiro atoms. The van der Waals surface area contributed by atoms with Crippen molar-refractivity contribution in [2.24, 2.45) is 0 Å². The lowest BCUT2D eigenvalue weighted by atomic mass is 10.1. The first-order valence-electron chi connectivity index (χ1n) is 5.77. The molecule has 0 aliphatic heterocycles. The van der Waals surface area contributed by atoms with Gasteiger partial charge in [0.25, 0.3) is 5.91 Å². The maximum absolute atomic E-state index is 12.2. The van der Waals surface area contributed by atoms with Crippen molar-refractivity contribution in [3.8, 4) is 0 Å². The van der Waals surface area contributed by atoms with Crippen LogP contribution in [0.15, 0.2) is 34.9 Å². The summed E-state index contributed by atoms with van der Waals surface area (Å²) in [6.45, 7) is 1.72. The Morgan fingerprint density at radius 1 is 1.38 bits per heavy atom. The third-order valence-electron chi connectivity index (χ3n) is 2.71. The third kappa shape index (κ3) is 3.37. The minimum Gasteiger partial charge on any atom is -0.320 e. The van der Waals surface area contributed by atoms with Gasteiger partial charge < -0.3 is 5.32 Å². The molecule has 2 aromatic rings. The van der Waals surface area contributed by atoms with Crippen molar-refractivity contribution >= 4 is 44.8 Å². The van der Waals surface area contributed by atoms with Gasteiger partial charge >= 0.3 is 5.69 Å².